The van der Waals surface area contributed by atoms with E-state index in [0.29, 0.717) is 44.2 Å². The third-order valence-corrected chi connectivity index (χ3v) is 4.41. The van der Waals surface area contributed by atoms with Crippen LogP contribution in [0.1, 0.15) is 22.3 Å². The molecule has 1 aromatic carbocycles. The summed E-state index contributed by atoms with van der Waals surface area (Å²) in [6.45, 7) is 2.41. The number of amides is 1. The molecule has 1 amide bonds. The molecule has 2 aromatic heterocycles. The number of nitrogens with zero attached hydrogens (tertiary/aromatic N) is 5. The topological polar surface area (TPSA) is 98.2 Å². The Morgan fingerprint density at radius 1 is 1.42 bits per heavy atom. The third kappa shape index (κ3) is 3.31. The van der Waals surface area contributed by atoms with Crippen molar-refractivity contribution in [3.05, 3.63) is 41.9 Å². The first kappa shape index (κ1) is 16.7. The van der Waals surface area contributed by atoms with E-state index < -0.39 is 0 Å². The van der Waals surface area contributed by atoms with Gasteiger partial charge >= 0.3 is 0 Å². The van der Waals surface area contributed by atoms with Gasteiger partial charge in [0.15, 0.2) is 0 Å². The molecule has 0 spiro atoms. The maximum atomic E-state index is 12.9. The zero-order valence-corrected chi connectivity index (χ0v) is 14.5. The Labute approximate surface area is 149 Å². The predicted octanol–water partition coefficient (Wildman–Crippen LogP) is 1.01. The van der Waals surface area contributed by atoms with Crippen LogP contribution in [0, 0.1) is 0 Å². The zero-order valence-electron chi connectivity index (χ0n) is 14.5. The first-order valence-corrected chi connectivity index (χ1v) is 8.49. The lowest BCUT2D eigenvalue weighted by Gasteiger charge is -2.31. The van der Waals surface area contributed by atoms with Gasteiger partial charge in [-0.1, -0.05) is 0 Å². The molecule has 0 saturated carbocycles. The molecule has 4 rings (SSSR count). The van der Waals surface area contributed by atoms with E-state index in [-0.39, 0.29) is 12.0 Å². The molecule has 1 fully saturated rings. The molecule has 1 atom stereocenters. The number of nitrogens with one attached hydrogen (secondary N) is 1. The van der Waals surface area contributed by atoms with Crippen molar-refractivity contribution in [1.82, 2.24) is 30.1 Å². The van der Waals surface area contributed by atoms with Gasteiger partial charge in [0, 0.05) is 36.3 Å². The monoisotopic (exact) mass is 356 g/mol. The average Bonchev–Trinajstić information content (AvgIpc) is 3.34. The molecular weight excluding hydrogens is 336 g/mol. The number of hydrogen-bond donors (Lipinski definition) is 1. The highest BCUT2D eigenvalue weighted by atomic mass is 16.5. The molecule has 0 bridgehead atoms. The van der Waals surface area contributed by atoms with Crippen molar-refractivity contribution in [2.24, 2.45) is 0 Å². The maximum absolute atomic E-state index is 12.9. The van der Waals surface area contributed by atoms with Gasteiger partial charge in [-0.25, -0.2) is 0 Å². The highest BCUT2D eigenvalue weighted by Crippen LogP contribution is 2.21. The number of methoxy groups -OCH3 is 1. The molecule has 9 heteroatoms. The van der Waals surface area contributed by atoms with Gasteiger partial charge in [0.25, 0.3) is 5.91 Å². The van der Waals surface area contributed by atoms with Crippen LogP contribution in [0.2, 0.25) is 0 Å². The number of morpholine rings is 1. The Kier molecular flexibility index (Phi) is 4.63. The zero-order chi connectivity index (χ0) is 17.9. The number of aromatic amines is 1. The second-order valence-electron chi connectivity index (χ2n) is 6.13. The standard InChI is InChI=1S/C17H20N6O3/c1-25-8-7-23-20-16(19-21-23)15-11-22(6-9-26-15)17(24)13-2-3-14-12(10-13)4-5-18-14/h2-5,10,15,18H,6-9,11H2,1H3. The quantitative estimate of drug-likeness (QED) is 0.733. The van der Waals surface area contributed by atoms with Gasteiger partial charge in [0.2, 0.25) is 5.82 Å². The van der Waals surface area contributed by atoms with Gasteiger partial charge in [-0.05, 0) is 29.5 Å². The predicted molar refractivity (Wildman–Crippen MR) is 92.6 cm³/mol. The van der Waals surface area contributed by atoms with E-state index >= 15 is 0 Å². The minimum absolute atomic E-state index is 0.0202. The van der Waals surface area contributed by atoms with Gasteiger partial charge in [-0.2, -0.15) is 4.80 Å². The fourth-order valence-electron chi connectivity index (χ4n) is 3.01. The molecule has 3 heterocycles. The SMILES string of the molecule is COCCn1nnc(C2CN(C(=O)c3ccc4[nH]ccc4c3)CCO2)n1. The summed E-state index contributed by atoms with van der Waals surface area (Å²) < 4.78 is 10.8. The number of rotatable bonds is 5. The van der Waals surface area contributed by atoms with E-state index in [9.17, 15) is 4.79 Å². The van der Waals surface area contributed by atoms with Crippen LogP contribution in [0.25, 0.3) is 10.9 Å². The normalized spacial score (nSPS) is 17.7. The second-order valence-corrected chi connectivity index (χ2v) is 6.13. The Morgan fingerprint density at radius 3 is 3.23 bits per heavy atom. The summed E-state index contributed by atoms with van der Waals surface area (Å²) in [5.74, 6) is 0.466. The molecule has 26 heavy (non-hydrogen) atoms. The molecule has 1 aliphatic rings. The number of tetrazole rings is 1. The van der Waals surface area contributed by atoms with E-state index in [1.54, 1.807) is 12.0 Å². The second kappa shape index (κ2) is 7.22. The molecule has 1 saturated heterocycles. The van der Waals surface area contributed by atoms with Gasteiger partial charge in [-0.3, -0.25) is 4.79 Å². The lowest BCUT2D eigenvalue weighted by molar-refractivity contribution is -0.0269. The summed E-state index contributed by atoms with van der Waals surface area (Å²) in [7, 11) is 1.62. The van der Waals surface area contributed by atoms with Crippen LogP contribution in [-0.2, 0) is 16.0 Å². The number of H-pyrrole nitrogens is 1. The number of ether oxygens (including phenoxy) is 2. The first-order chi connectivity index (χ1) is 12.7. The summed E-state index contributed by atoms with van der Waals surface area (Å²) in [4.78, 5) is 19.3. The molecule has 136 valence electrons. The lowest BCUT2D eigenvalue weighted by Crippen LogP contribution is -2.42. The van der Waals surface area contributed by atoms with Crippen LogP contribution in [0.5, 0.6) is 0 Å². The minimum Gasteiger partial charge on any atom is -0.383 e. The fourth-order valence-corrected chi connectivity index (χ4v) is 3.01. The fraction of sp³-hybridized carbons (Fsp3) is 0.412. The van der Waals surface area contributed by atoms with Crippen molar-refractivity contribution in [3.63, 3.8) is 0 Å². The summed E-state index contributed by atoms with van der Waals surface area (Å²) in [5.41, 5.74) is 1.67. The highest BCUT2D eigenvalue weighted by molar-refractivity contribution is 5.98. The van der Waals surface area contributed by atoms with Gasteiger partial charge in [-0.15, -0.1) is 10.2 Å². The number of fused-ring (bicyclic) bond motifs is 1. The molecule has 3 aromatic rings. The highest BCUT2D eigenvalue weighted by Gasteiger charge is 2.29. The maximum Gasteiger partial charge on any atom is 0.254 e. The largest absolute Gasteiger partial charge is 0.383 e. The van der Waals surface area contributed by atoms with Crippen LogP contribution in [-0.4, -0.2) is 69.4 Å². The number of carbonyl (C=O) groups is 1. The smallest absolute Gasteiger partial charge is 0.254 e. The number of carbonyl (C=O) groups excluding carboxylic acids is 1. The Hall–Kier alpha value is -2.78. The van der Waals surface area contributed by atoms with Crippen molar-refractivity contribution in [3.8, 4) is 0 Å². The summed E-state index contributed by atoms with van der Waals surface area (Å²) in [6, 6.07) is 7.61. The van der Waals surface area contributed by atoms with Crippen molar-refractivity contribution >= 4 is 16.8 Å². The molecule has 1 N–H and O–H groups in total. The Bertz CT molecular complexity index is 905. The minimum atomic E-state index is -0.375. The van der Waals surface area contributed by atoms with Gasteiger partial charge in [0.05, 0.1) is 26.3 Å². The van der Waals surface area contributed by atoms with Crippen LogP contribution in [0.4, 0.5) is 0 Å². The van der Waals surface area contributed by atoms with E-state index in [2.05, 4.69) is 20.4 Å². The van der Waals surface area contributed by atoms with Crippen molar-refractivity contribution in [2.75, 3.05) is 33.4 Å². The summed E-state index contributed by atoms with van der Waals surface area (Å²) in [5, 5.41) is 13.4. The van der Waals surface area contributed by atoms with Crippen molar-refractivity contribution in [2.45, 2.75) is 12.6 Å². The van der Waals surface area contributed by atoms with E-state index in [4.69, 9.17) is 9.47 Å². The van der Waals surface area contributed by atoms with Gasteiger partial charge < -0.3 is 19.4 Å². The number of aromatic nitrogens is 5. The van der Waals surface area contributed by atoms with Crippen molar-refractivity contribution in [1.29, 1.82) is 0 Å². The number of benzene rings is 1. The Balaban J connectivity index is 1.47. The molecule has 9 nitrogen and oxygen atoms in total. The van der Waals surface area contributed by atoms with Crippen molar-refractivity contribution < 1.29 is 14.3 Å². The van der Waals surface area contributed by atoms with Crippen LogP contribution in [0.15, 0.2) is 30.5 Å². The molecule has 1 unspecified atom stereocenters. The van der Waals surface area contributed by atoms with E-state index in [0.717, 1.165) is 10.9 Å². The number of hydrogen-bond acceptors (Lipinski definition) is 6. The van der Waals surface area contributed by atoms with Crippen LogP contribution < -0.4 is 0 Å². The van der Waals surface area contributed by atoms with E-state index in [1.165, 1.54) is 4.80 Å². The molecule has 0 aliphatic carbocycles. The molecular formula is C17H20N6O3. The lowest BCUT2D eigenvalue weighted by atomic mass is 10.1. The molecule has 0 radical (unpaired) electrons. The van der Waals surface area contributed by atoms with Gasteiger partial charge in [0.1, 0.15) is 6.10 Å². The Morgan fingerprint density at radius 2 is 2.35 bits per heavy atom. The average molecular weight is 356 g/mol. The third-order valence-electron chi connectivity index (χ3n) is 4.41. The molecule has 1 aliphatic heterocycles. The summed E-state index contributed by atoms with van der Waals surface area (Å²) >= 11 is 0. The van der Waals surface area contributed by atoms with E-state index in [1.807, 2.05) is 30.5 Å². The van der Waals surface area contributed by atoms with Crippen LogP contribution >= 0.6 is 0 Å². The van der Waals surface area contributed by atoms with Crippen LogP contribution in [0.3, 0.4) is 0 Å². The first-order valence-electron chi connectivity index (χ1n) is 8.49. The summed E-state index contributed by atoms with van der Waals surface area (Å²) in [6.07, 6.45) is 1.49.